The fraction of sp³-hybridized carbons (Fsp3) is 0.353. The van der Waals surface area contributed by atoms with Gasteiger partial charge in [-0.05, 0) is 32.9 Å². The zero-order valence-electron chi connectivity index (χ0n) is 13.9. The lowest BCUT2D eigenvalue weighted by Gasteiger charge is -2.23. The number of amides is 2. The van der Waals surface area contributed by atoms with Crippen LogP contribution in [0.2, 0.25) is 0 Å². The average Bonchev–Trinajstić information content (AvgIpc) is 3.03. The molecule has 0 bridgehead atoms. The molecule has 2 amide bonds. The van der Waals surface area contributed by atoms with Crippen LogP contribution in [0.4, 0.5) is 4.79 Å². The van der Waals surface area contributed by atoms with Gasteiger partial charge in [-0.3, -0.25) is 0 Å². The highest BCUT2D eigenvalue weighted by molar-refractivity contribution is 5.74. The van der Waals surface area contributed by atoms with Crippen LogP contribution in [0, 0.1) is 0 Å². The van der Waals surface area contributed by atoms with Gasteiger partial charge in [0, 0.05) is 13.1 Å². The van der Waals surface area contributed by atoms with Gasteiger partial charge < -0.3 is 10.2 Å². The predicted octanol–water partition coefficient (Wildman–Crippen LogP) is 2.94. The van der Waals surface area contributed by atoms with Gasteiger partial charge in [-0.1, -0.05) is 35.6 Å². The van der Waals surface area contributed by atoms with Crippen LogP contribution in [0.25, 0.3) is 5.69 Å². The maximum absolute atomic E-state index is 12.3. The van der Waals surface area contributed by atoms with Crippen molar-refractivity contribution in [1.29, 1.82) is 0 Å². The van der Waals surface area contributed by atoms with E-state index in [0.29, 0.717) is 18.8 Å². The Labute approximate surface area is 136 Å². The largest absolute Gasteiger partial charge is 0.330 e. The fourth-order valence-electron chi connectivity index (χ4n) is 2.19. The van der Waals surface area contributed by atoms with Crippen molar-refractivity contribution in [3.63, 3.8) is 0 Å². The van der Waals surface area contributed by atoms with Crippen LogP contribution in [0.5, 0.6) is 0 Å². The van der Waals surface area contributed by atoms with Crippen LogP contribution >= 0.6 is 0 Å². The molecule has 0 aliphatic rings. The van der Waals surface area contributed by atoms with Crippen molar-refractivity contribution >= 4 is 6.03 Å². The van der Waals surface area contributed by atoms with Gasteiger partial charge in [0.15, 0.2) is 0 Å². The normalized spacial score (nSPS) is 11.8. The first-order valence-corrected chi connectivity index (χ1v) is 7.68. The molecule has 0 unspecified atom stereocenters. The molecule has 1 heterocycles. The topological polar surface area (TPSA) is 63.1 Å². The summed E-state index contributed by atoms with van der Waals surface area (Å²) >= 11 is 0. The molecular formula is C17H23N5O. The zero-order valence-corrected chi connectivity index (χ0v) is 13.9. The van der Waals surface area contributed by atoms with Crippen molar-refractivity contribution in [3.05, 3.63) is 54.4 Å². The van der Waals surface area contributed by atoms with Crippen LogP contribution in [0.1, 0.15) is 32.5 Å². The maximum Gasteiger partial charge on any atom is 0.318 e. The molecular weight excluding hydrogens is 290 g/mol. The van der Waals surface area contributed by atoms with E-state index in [1.807, 2.05) is 57.3 Å². The number of hydrogen-bond acceptors (Lipinski definition) is 3. The van der Waals surface area contributed by atoms with E-state index in [4.69, 9.17) is 0 Å². The zero-order chi connectivity index (χ0) is 16.8. The number of aromatic nitrogens is 3. The Balaban J connectivity index is 2.03. The first-order valence-electron chi connectivity index (χ1n) is 7.68. The van der Waals surface area contributed by atoms with Crippen molar-refractivity contribution in [3.8, 4) is 5.69 Å². The molecule has 1 aromatic carbocycles. The number of likely N-dealkylation sites (N-methyl/N-ethyl adjacent to an activating group) is 1. The molecule has 0 aliphatic heterocycles. The van der Waals surface area contributed by atoms with E-state index in [2.05, 4.69) is 22.2 Å². The predicted molar refractivity (Wildman–Crippen MR) is 90.4 cm³/mol. The number of nitrogens with one attached hydrogen (secondary N) is 1. The lowest BCUT2D eigenvalue weighted by atomic mass is 10.2. The summed E-state index contributed by atoms with van der Waals surface area (Å²) < 4.78 is 1.70. The van der Waals surface area contributed by atoms with Gasteiger partial charge in [0.05, 0.1) is 17.9 Å². The SMILES string of the molecule is C=C(C)CN(CC)C(=O)N[C@H](C)c1cn(-c2ccccc2)nn1. The molecule has 0 radical (unpaired) electrons. The summed E-state index contributed by atoms with van der Waals surface area (Å²) in [5.74, 6) is 0. The number of carbonyl (C=O) groups is 1. The lowest BCUT2D eigenvalue weighted by Crippen LogP contribution is -2.41. The van der Waals surface area contributed by atoms with Gasteiger partial charge in [0.25, 0.3) is 0 Å². The molecule has 0 fully saturated rings. The Morgan fingerprint density at radius 3 is 2.70 bits per heavy atom. The van der Waals surface area contributed by atoms with Crippen molar-refractivity contribution in [2.45, 2.75) is 26.8 Å². The van der Waals surface area contributed by atoms with Crippen LogP contribution in [0.15, 0.2) is 48.7 Å². The van der Waals surface area contributed by atoms with E-state index < -0.39 is 0 Å². The molecule has 2 aromatic rings. The highest BCUT2D eigenvalue weighted by Gasteiger charge is 2.17. The Bertz CT molecular complexity index is 665. The minimum atomic E-state index is -0.223. The number of rotatable bonds is 6. The summed E-state index contributed by atoms with van der Waals surface area (Å²) in [5, 5.41) is 11.2. The quantitative estimate of drug-likeness (QED) is 0.834. The molecule has 6 nitrogen and oxygen atoms in total. The number of nitrogens with zero attached hydrogens (tertiary/aromatic N) is 4. The van der Waals surface area contributed by atoms with Crippen molar-refractivity contribution in [2.24, 2.45) is 0 Å². The first-order chi connectivity index (χ1) is 11.0. The number of urea groups is 1. The Hall–Kier alpha value is -2.63. The van der Waals surface area contributed by atoms with Gasteiger partial charge in [-0.2, -0.15) is 0 Å². The summed E-state index contributed by atoms with van der Waals surface area (Å²) in [6.45, 7) is 10.8. The number of hydrogen-bond donors (Lipinski definition) is 1. The number of carbonyl (C=O) groups excluding carboxylic acids is 1. The third-order valence-electron chi connectivity index (χ3n) is 3.45. The monoisotopic (exact) mass is 313 g/mol. The minimum Gasteiger partial charge on any atom is -0.330 e. The van der Waals surface area contributed by atoms with Crippen molar-refractivity contribution in [2.75, 3.05) is 13.1 Å². The molecule has 1 aromatic heterocycles. The summed E-state index contributed by atoms with van der Waals surface area (Å²) in [6.07, 6.45) is 1.83. The van der Waals surface area contributed by atoms with E-state index in [9.17, 15) is 4.79 Å². The lowest BCUT2D eigenvalue weighted by molar-refractivity contribution is 0.201. The molecule has 0 saturated heterocycles. The van der Waals surface area contributed by atoms with Crippen LogP contribution in [-0.4, -0.2) is 39.0 Å². The number of benzene rings is 1. The van der Waals surface area contributed by atoms with Gasteiger partial charge in [-0.15, -0.1) is 5.10 Å². The molecule has 0 spiro atoms. The Kier molecular flexibility index (Phi) is 5.51. The van der Waals surface area contributed by atoms with Gasteiger partial charge in [0.1, 0.15) is 5.69 Å². The minimum absolute atomic E-state index is 0.128. The molecule has 122 valence electrons. The molecule has 1 N–H and O–H groups in total. The molecule has 2 rings (SSSR count). The average molecular weight is 313 g/mol. The van der Waals surface area contributed by atoms with E-state index in [-0.39, 0.29) is 12.1 Å². The number of para-hydroxylation sites is 1. The van der Waals surface area contributed by atoms with E-state index in [1.165, 1.54) is 0 Å². The third-order valence-corrected chi connectivity index (χ3v) is 3.45. The van der Waals surface area contributed by atoms with Crippen LogP contribution < -0.4 is 5.32 Å². The summed E-state index contributed by atoms with van der Waals surface area (Å²) in [7, 11) is 0. The Morgan fingerprint density at radius 2 is 2.09 bits per heavy atom. The first kappa shape index (κ1) is 16.7. The third kappa shape index (κ3) is 4.42. The second kappa shape index (κ2) is 7.58. The standard InChI is InChI=1S/C17H23N5O/c1-5-21(11-13(2)3)17(23)18-14(4)16-12-22(20-19-16)15-9-7-6-8-10-15/h6-10,12,14H,2,5,11H2,1,3-4H3,(H,18,23)/t14-/m1/s1. The highest BCUT2D eigenvalue weighted by atomic mass is 16.2. The van der Waals surface area contributed by atoms with Gasteiger partial charge in [0.2, 0.25) is 0 Å². The fourth-order valence-corrected chi connectivity index (χ4v) is 2.19. The highest BCUT2D eigenvalue weighted by Crippen LogP contribution is 2.12. The molecule has 1 atom stereocenters. The van der Waals surface area contributed by atoms with E-state index >= 15 is 0 Å². The molecule has 0 aliphatic carbocycles. The summed E-state index contributed by atoms with van der Waals surface area (Å²) in [6, 6.07) is 9.39. The van der Waals surface area contributed by atoms with Crippen LogP contribution in [-0.2, 0) is 0 Å². The second-order valence-corrected chi connectivity index (χ2v) is 5.57. The molecule has 6 heteroatoms. The molecule has 23 heavy (non-hydrogen) atoms. The van der Waals surface area contributed by atoms with Crippen molar-refractivity contribution in [1.82, 2.24) is 25.2 Å². The molecule has 0 saturated carbocycles. The second-order valence-electron chi connectivity index (χ2n) is 5.57. The summed E-state index contributed by atoms with van der Waals surface area (Å²) in [5.41, 5.74) is 2.60. The maximum atomic E-state index is 12.3. The van der Waals surface area contributed by atoms with Gasteiger partial charge in [-0.25, -0.2) is 9.48 Å². The Morgan fingerprint density at radius 1 is 1.39 bits per heavy atom. The van der Waals surface area contributed by atoms with Gasteiger partial charge >= 0.3 is 6.03 Å². The van der Waals surface area contributed by atoms with E-state index in [1.54, 1.807) is 9.58 Å². The summed E-state index contributed by atoms with van der Waals surface area (Å²) in [4.78, 5) is 14.0. The smallest absolute Gasteiger partial charge is 0.318 e. The van der Waals surface area contributed by atoms with Crippen LogP contribution in [0.3, 0.4) is 0 Å². The van der Waals surface area contributed by atoms with E-state index in [0.717, 1.165) is 11.3 Å². The van der Waals surface area contributed by atoms with Crippen molar-refractivity contribution < 1.29 is 4.79 Å².